The topological polar surface area (TPSA) is 105 Å². The van der Waals surface area contributed by atoms with Crippen LogP contribution in [0.15, 0.2) is 24.5 Å². The lowest BCUT2D eigenvalue weighted by Crippen LogP contribution is -2.15. The molecular weight excluding hydrogens is 368 g/mol. The zero-order valence-electron chi connectivity index (χ0n) is 16.9. The maximum Gasteiger partial charge on any atom is 0.303 e. The summed E-state index contributed by atoms with van der Waals surface area (Å²) in [6.45, 7) is 2.71. The number of carboxylic acids is 1. The fourth-order valence-corrected chi connectivity index (χ4v) is 3.68. The Hall–Kier alpha value is -2.83. The molecule has 0 spiro atoms. The standard InChI is InChI=1S/C22H28N4O3/c1-15-24-13-18(14-25-15)17(12-21(28)29)6-3-2-4-8-20(27)19-10-9-16-7-5-11-23-22(16)26-19/h9-10,13-14,17H,2-8,11-12H2,1H3,(H,23,26)(H,28,29)/t17-/m1/s1. The van der Waals surface area contributed by atoms with Crippen LogP contribution in [0.4, 0.5) is 5.82 Å². The van der Waals surface area contributed by atoms with Crippen molar-refractivity contribution in [2.45, 2.75) is 64.2 Å². The molecule has 0 aliphatic carbocycles. The van der Waals surface area contributed by atoms with Gasteiger partial charge in [-0.15, -0.1) is 0 Å². The van der Waals surface area contributed by atoms with Crippen LogP contribution in [0.1, 0.15) is 78.3 Å². The molecule has 0 bridgehead atoms. The lowest BCUT2D eigenvalue weighted by Gasteiger charge is -2.17. The van der Waals surface area contributed by atoms with Crippen LogP contribution in [-0.2, 0) is 11.2 Å². The van der Waals surface area contributed by atoms with Gasteiger partial charge in [0.05, 0.1) is 6.42 Å². The summed E-state index contributed by atoms with van der Waals surface area (Å²) in [5.74, 6) is 0.662. The summed E-state index contributed by atoms with van der Waals surface area (Å²) in [7, 11) is 0. The van der Waals surface area contributed by atoms with Crippen molar-refractivity contribution < 1.29 is 14.7 Å². The maximum atomic E-state index is 12.4. The largest absolute Gasteiger partial charge is 0.481 e. The highest BCUT2D eigenvalue weighted by molar-refractivity contribution is 5.94. The highest BCUT2D eigenvalue weighted by atomic mass is 16.4. The smallest absolute Gasteiger partial charge is 0.303 e. The van der Waals surface area contributed by atoms with Crippen molar-refractivity contribution in [3.63, 3.8) is 0 Å². The molecule has 0 fully saturated rings. The van der Waals surface area contributed by atoms with Crippen LogP contribution in [0.3, 0.4) is 0 Å². The SMILES string of the molecule is Cc1ncc([C@H](CCCCCC(=O)c2ccc3c(n2)NCCC3)CC(=O)O)cn1. The average Bonchev–Trinajstić information content (AvgIpc) is 2.72. The number of aromatic nitrogens is 3. The van der Waals surface area contributed by atoms with E-state index < -0.39 is 5.97 Å². The number of rotatable bonds is 10. The van der Waals surface area contributed by atoms with E-state index in [1.54, 1.807) is 19.3 Å². The zero-order chi connectivity index (χ0) is 20.6. The summed E-state index contributed by atoms with van der Waals surface area (Å²) in [6.07, 6.45) is 9.32. The first-order valence-corrected chi connectivity index (χ1v) is 10.3. The third-order valence-electron chi connectivity index (χ3n) is 5.33. The number of hydrogen-bond acceptors (Lipinski definition) is 6. The highest BCUT2D eigenvalue weighted by Gasteiger charge is 2.17. The van der Waals surface area contributed by atoms with E-state index in [0.717, 1.165) is 56.5 Å². The number of ketones is 1. The van der Waals surface area contributed by atoms with Crippen molar-refractivity contribution in [3.05, 3.63) is 47.2 Å². The van der Waals surface area contributed by atoms with E-state index in [2.05, 4.69) is 20.3 Å². The Balaban J connectivity index is 1.45. The first-order valence-electron chi connectivity index (χ1n) is 10.3. The number of nitrogens with zero attached hydrogens (tertiary/aromatic N) is 3. The minimum atomic E-state index is -0.821. The molecule has 0 saturated heterocycles. The van der Waals surface area contributed by atoms with Crippen LogP contribution in [-0.4, -0.2) is 38.4 Å². The van der Waals surface area contributed by atoms with Gasteiger partial charge < -0.3 is 10.4 Å². The van der Waals surface area contributed by atoms with Gasteiger partial charge in [0, 0.05) is 25.4 Å². The van der Waals surface area contributed by atoms with Crippen molar-refractivity contribution >= 4 is 17.6 Å². The van der Waals surface area contributed by atoms with Gasteiger partial charge in [-0.05, 0) is 55.7 Å². The van der Waals surface area contributed by atoms with Crippen LogP contribution < -0.4 is 5.32 Å². The summed E-state index contributed by atoms with van der Waals surface area (Å²) in [4.78, 5) is 36.5. The number of aryl methyl sites for hydroxylation is 2. The van der Waals surface area contributed by atoms with Gasteiger partial charge >= 0.3 is 5.97 Å². The van der Waals surface area contributed by atoms with Crippen LogP contribution in [0.25, 0.3) is 0 Å². The van der Waals surface area contributed by atoms with Crippen LogP contribution >= 0.6 is 0 Å². The van der Waals surface area contributed by atoms with Crippen molar-refractivity contribution in [3.8, 4) is 0 Å². The molecule has 1 aliphatic heterocycles. The number of Topliss-reactive ketones (excluding diaryl/α,β-unsaturated/α-hetero) is 1. The van der Waals surface area contributed by atoms with E-state index in [-0.39, 0.29) is 18.1 Å². The number of aliphatic carboxylic acids is 1. The van der Waals surface area contributed by atoms with Gasteiger partial charge in [0.1, 0.15) is 17.3 Å². The number of pyridine rings is 1. The molecule has 29 heavy (non-hydrogen) atoms. The molecule has 2 N–H and O–H groups in total. The predicted octanol–water partition coefficient (Wildman–Crippen LogP) is 3.93. The van der Waals surface area contributed by atoms with E-state index in [1.807, 2.05) is 12.1 Å². The van der Waals surface area contributed by atoms with E-state index in [9.17, 15) is 14.7 Å². The molecule has 0 unspecified atom stereocenters. The van der Waals surface area contributed by atoms with E-state index in [0.29, 0.717) is 17.9 Å². The second-order valence-corrected chi connectivity index (χ2v) is 7.62. The second kappa shape index (κ2) is 10.1. The quantitative estimate of drug-likeness (QED) is 0.463. The molecular formula is C22H28N4O3. The Bertz CT molecular complexity index is 852. The molecule has 0 aromatic carbocycles. The summed E-state index contributed by atoms with van der Waals surface area (Å²) in [5, 5.41) is 12.4. The van der Waals surface area contributed by atoms with E-state index in [1.165, 1.54) is 5.56 Å². The molecule has 154 valence electrons. The van der Waals surface area contributed by atoms with E-state index in [4.69, 9.17) is 0 Å². The van der Waals surface area contributed by atoms with Gasteiger partial charge in [-0.1, -0.05) is 18.9 Å². The average molecular weight is 396 g/mol. The molecule has 2 aromatic rings. The summed E-state index contributed by atoms with van der Waals surface area (Å²) >= 11 is 0. The third kappa shape index (κ3) is 6.07. The summed E-state index contributed by atoms with van der Waals surface area (Å²) in [5.41, 5.74) is 2.57. The molecule has 7 heteroatoms. The number of carbonyl (C=O) groups is 2. The van der Waals surface area contributed by atoms with Crippen molar-refractivity contribution in [1.82, 2.24) is 15.0 Å². The van der Waals surface area contributed by atoms with Gasteiger partial charge in [-0.3, -0.25) is 9.59 Å². The third-order valence-corrected chi connectivity index (χ3v) is 5.33. The minimum absolute atomic E-state index is 0.0641. The summed E-state index contributed by atoms with van der Waals surface area (Å²) < 4.78 is 0. The number of nitrogens with one attached hydrogen (secondary N) is 1. The normalized spacial score (nSPS) is 14.0. The fourth-order valence-electron chi connectivity index (χ4n) is 3.68. The Kier molecular flexibility index (Phi) is 7.27. The Labute approximate surface area is 171 Å². The Morgan fingerprint density at radius 3 is 2.72 bits per heavy atom. The number of carboxylic acid groups (broad SMARTS) is 1. The maximum absolute atomic E-state index is 12.4. The number of hydrogen-bond donors (Lipinski definition) is 2. The first-order chi connectivity index (χ1) is 14.0. The van der Waals surface area contributed by atoms with Crippen LogP contribution in [0.5, 0.6) is 0 Å². The molecule has 0 saturated carbocycles. The minimum Gasteiger partial charge on any atom is -0.481 e. The van der Waals surface area contributed by atoms with Gasteiger partial charge in [-0.2, -0.15) is 0 Å². The zero-order valence-corrected chi connectivity index (χ0v) is 16.9. The molecule has 7 nitrogen and oxygen atoms in total. The Morgan fingerprint density at radius 1 is 1.17 bits per heavy atom. The number of anilines is 1. The molecule has 2 aromatic heterocycles. The molecule has 3 rings (SSSR count). The molecule has 0 radical (unpaired) electrons. The second-order valence-electron chi connectivity index (χ2n) is 7.62. The van der Waals surface area contributed by atoms with E-state index >= 15 is 0 Å². The summed E-state index contributed by atoms with van der Waals surface area (Å²) in [6, 6.07) is 3.83. The van der Waals surface area contributed by atoms with Crippen LogP contribution in [0, 0.1) is 6.92 Å². The van der Waals surface area contributed by atoms with Gasteiger partial charge in [0.25, 0.3) is 0 Å². The first kappa shape index (κ1) is 20.9. The molecule has 0 amide bonds. The number of unbranched alkanes of at least 4 members (excludes halogenated alkanes) is 2. The Morgan fingerprint density at radius 2 is 1.97 bits per heavy atom. The molecule has 3 heterocycles. The van der Waals surface area contributed by atoms with Gasteiger partial charge in [0.2, 0.25) is 0 Å². The fraction of sp³-hybridized carbons (Fsp3) is 0.500. The number of fused-ring (bicyclic) bond motifs is 1. The van der Waals surface area contributed by atoms with Crippen LogP contribution in [0.2, 0.25) is 0 Å². The number of carbonyl (C=O) groups excluding carboxylic acids is 1. The van der Waals surface area contributed by atoms with Gasteiger partial charge in [0.15, 0.2) is 5.78 Å². The van der Waals surface area contributed by atoms with Crippen molar-refractivity contribution in [1.29, 1.82) is 0 Å². The lowest BCUT2D eigenvalue weighted by molar-refractivity contribution is -0.137. The molecule has 1 aliphatic rings. The molecule has 1 atom stereocenters. The highest BCUT2D eigenvalue weighted by Crippen LogP contribution is 2.26. The monoisotopic (exact) mass is 396 g/mol. The lowest BCUT2D eigenvalue weighted by atomic mass is 9.92. The predicted molar refractivity (Wildman–Crippen MR) is 110 cm³/mol. The van der Waals surface area contributed by atoms with Crippen molar-refractivity contribution in [2.24, 2.45) is 0 Å². The van der Waals surface area contributed by atoms with Gasteiger partial charge in [-0.25, -0.2) is 15.0 Å². The van der Waals surface area contributed by atoms with Crippen molar-refractivity contribution in [2.75, 3.05) is 11.9 Å².